The maximum absolute atomic E-state index is 12.5. The smallest absolute Gasteiger partial charge is 0.349 e. The summed E-state index contributed by atoms with van der Waals surface area (Å²) < 4.78 is 26.3. The van der Waals surface area contributed by atoms with Crippen LogP contribution in [0.2, 0.25) is 0 Å². The van der Waals surface area contributed by atoms with Crippen molar-refractivity contribution >= 4 is 35.7 Å². The Bertz CT molecular complexity index is 1780. The zero-order chi connectivity index (χ0) is 41.8. The van der Waals surface area contributed by atoms with Gasteiger partial charge in [0.05, 0.1) is 12.5 Å². The van der Waals surface area contributed by atoms with E-state index in [1.807, 2.05) is 67.6 Å². The third-order valence-electron chi connectivity index (χ3n) is 9.12. The molecular weight excluding hydrogens is 725 g/mol. The molecule has 0 amide bonds. The Hall–Kier alpha value is -5.27. The fourth-order valence-corrected chi connectivity index (χ4v) is 5.75. The van der Waals surface area contributed by atoms with Gasteiger partial charge in [0.25, 0.3) is 0 Å². The SMILES string of the molecule is C=C(C)C1(OCCOC(=O)/C(C#N)=C/c2ccc(N(CCCCCN(CC)Cc3ccc(/C=C(\C#N)C(=O)OCCOC(=O)C(C)C)cc3)CC(C)C)cc2)CO1. The summed E-state index contributed by atoms with van der Waals surface area (Å²) >= 11 is 0. The summed E-state index contributed by atoms with van der Waals surface area (Å²) in [6.45, 7) is 20.5. The molecule has 2 aromatic rings. The monoisotopic (exact) mass is 782 g/mol. The van der Waals surface area contributed by atoms with Crippen LogP contribution in [0.25, 0.3) is 12.2 Å². The van der Waals surface area contributed by atoms with E-state index in [-0.39, 0.29) is 49.5 Å². The highest BCUT2D eigenvalue weighted by atomic mass is 16.8. The minimum absolute atomic E-state index is 0.000933. The highest BCUT2D eigenvalue weighted by Crippen LogP contribution is 2.35. The largest absolute Gasteiger partial charge is 0.462 e. The first kappa shape index (κ1) is 46.1. The van der Waals surface area contributed by atoms with Crippen molar-refractivity contribution < 1.29 is 38.1 Å². The number of carbonyl (C=O) groups is 3. The average molecular weight is 783 g/mol. The summed E-state index contributed by atoms with van der Waals surface area (Å²) in [4.78, 5) is 41.2. The van der Waals surface area contributed by atoms with E-state index in [1.165, 1.54) is 12.2 Å². The van der Waals surface area contributed by atoms with E-state index < -0.39 is 17.7 Å². The Kier molecular flexibility index (Phi) is 19.2. The number of esters is 3. The van der Waals surface area contributed by atoms with Crippen molar-refractivity contribution in [3.8, 4) is 12.1 Å². The van der Waals surface area contributed by atoms with Gasteiger partial charge < -0.3 is 28.6 Å². The zero-order valence-corrected chi connectivity index (χ0v) is 34.4. The van der Waals surface area contributed by atoms with Crippen LogP contribution in [0.4, 0.5) is 5.69 Å². The molecule has 1 aliphatic rings. The van der Waals surface area contributed by atoms with Crippen LogP contribution >= 0.6 is 0 Å². The Labute approximate surface area is 338 Å². The molecule has 12 nitrogen and oxygen atoms in total. The first-order valence-corrected chi connectivity index (χ1v) is 19.6. The lowest BCUT2D eigenvalue weighted by atomic mass is 10.1. The summed E-state index contributed by atoms with van der Waals surface area (Å²) in [5.41, 5.74) is 4.21. The van der Waals surface area contributed by atoms with E-state index in [0.29, 0.717) is 18.1 Å². The highest BCUT2D eigenvalue weighted by Gasteiger charge is 2.47. The van der Waals surface area contributed by atoms with Gasteiger partial charge in [-0.15, -0.1) is 0 Å². The van der Waals surface area contributed by atoms with Crippen molar-refractivity contribution in [2.75, 3.05) is 64.1 Å². The minimum Gasteiger partial charge on any atom is -0.462 e. The highest BCUT2D eigenvalue weighted by molar-refractivity contribution is 5.98. The summed E-state index contributed by atoms with van der Waals surface area (Å²) in [5, 5.41) is 19.1. The Morgan fingerprint density at radius 3 is 1.84 bits per heavy atom. The molecule has 1 aliphatic heterocycles. The van der Waals surface area contributed by atoms with Crippen LogP contribution in [0, 0.1) is 34.5 Å². The predicted octanol–water partition coefficient (Wildman–Crippen LogP) is 7.26. The fourth-order valence-electron chi connectivity index (χ4n) is 5.75. The number of unbranched alkanes of at least 4 members (excludes halogenated alkanes) is 2. The third kappa shape index (κ3) is 16.0. The van der Waals surface area contributed by atoms with Crippen molar-refractivity contribution in [3.63, 3.8) is 0 Å². The first-order chi connectivity index (χ1) is 27.3. The van der Waals surface area contributed by atoms with Crippen LogP contribution in [0.15, 0.2) is 71.8 Å². The van der Waals surface area contributed by atoms with Crippen LogP contribution in [0.1, 0.15) is 77.5 Å². The van der Waals surface area contributed by atoms with Gasteiger partial charge in [-0.05, 0) is 85.3 Å². The summed E-state index contributed by atoms with van der Waals surface area (Å²) in [7, 11) is 0. The van der Waals surface area contributed by atoms with Gasteiger partial charge in [0.1, 0.15) is 49.7 Å². The molecule has 1 heterocycles. The molecule has 306 valence electrons. The second-order valence-electron chi connectivity index (χ2n) is 14.7. The maximum atomic E-state index is 12.5. The summed E-state index contributed by atoms with van der Waals surface area (Å²) in [5.74, 6) is -2.41. The molecule has 2 aromatic carbocycles. The number of benzene rings is 2. The number of epoxide rings is 1. The van der Waals surface area contributed by atoms with Crippen molar-refractivity contribution in [1.29, 1.82) is 10.5 Å². The normalized spacial score (nSPS) is 15.2. The lowest BCUT2D eigenvalue weighted by Gasteiger charge is -2.27. The molecule has 0 bridgehead atoms. The van der Waals surface area contributed by atoms with E-state index >= 15 is 0 Å². The van der Waals surface area contributed by atoms with Crippen LogP contribution in [0.5, 0.6) is 0 Å². The standard InChI is InChI=1S/C45H58N4O8/c1-8-48(31-38-14-12-36(13-15-38)26-39(28-46)43(51)54-23-22-53-42(50)34(4)5)20-10-9-11-21-49(30-33(2)3)41-18-16-37(17-19-41)27-40(29-47)44(52)55-24-25-56-45(32-57-45)35(6)7/h12-19,26-27,33-34H,6,8-11,20-25,30-32H2,1-5,7H3/b39-26+,40-27+. The van der Waals surface area contributed by atoms with Gasteiger partial charge in [-0.25, -0.2) is 9.59 Å². The average Bonchev–Trinajstić information content (AvgIpc) is 4.00. The molecule has 0 N–H and O–H groups in total. The lowest BCUT2D eigenvalue weighted by molar-refractivity contribution is -0.152. The van der Waals surface area contributed by atoms with E-state index in [0.717, 1.165) is 74.4 Å². The number of carbonyl (C=O) groups excluding carboxylic acids is 3. The maximum Gasteiger partial charge on any atom is 0.349 e. The molecule has 57 heavy (non-hydrogen) atoms. The predicted molar refractivity (Wildman–Crippen MR) is 219 cm³/mol. The van der Waals surface area contributed by atoms with Crippen molar-refractivity contribution in [2.45, 2.75) is 73.1 Å². The van der Waals surface area contributed by atoms with Crippen molar-refractivity contribution in [2.24, 2.45) is 11.8 Å². The molecule has 1 unspecified atom stereocenters. The minimum atomic E-state index is -0.776. The zero-order valence-electron chi connectivity index (χ0n) is 34.4. The lowest BCUT2D eigenvalue weighted by Crippen LogP contribution is -2.29. The molecule has 1 atom stereocenters. The summed E-state index contributed by atoms with van der Waals surface area (Å²) in [6, 6.07) is 19.5. The summed E-state index contributed by atoms with van der Waals surface area (Å²) in [6.07, 6.45) is 6.19. The van der Waals surface area contributed by atoms with Gasteiger partial charge >= 0.3 is 17.9 Å². The van der Waals surface area contributed by atoms with Crippen molar-refractivity contribution in [1.82, 2.24) is 4.90 Å². The number of anilines is 1. The van der Waals surface area contributed by atoms with Crippen LogP contribution in [-0.2, 0) is 44.6 Å². The molecule has 0 spiro atoms. The van der Waals surface area contributed by atoms with Gasteiger partial charge in [0, 0.05) is 25.3 Å². The second-order valence-corrected chi connectivity index (χ2v) is 14.7. The number of nitriles is 2. The Morgan fingerprint density at radius 1 is 0.825 bits per heavy atom. The topological polar surface area (TPSA) is 155 Å². The molecule has 1 saturated heterocycles. The van der Waals surface area contributed by atoms with Gasteiger partial charge in [-0.2, -0.15) is 10.5 Å². The van der Waals surface area contributed by atoms with Crippen molar-refractivity contribution in [3.05, 3.63) is 88.5 Å². The van der Waals surface area contributed by atoms with Gasteiger partial charge in [0.2, 0.25) is 5.79 Å². The number of hydrogen-bond donors (Lipinski definition) is 0. The third-order valence-corrected chi connectivity index (χ3v) is 9.12. The molecule has 3 rings (SSSR count). The van der Waals surface area contributed by atoms with E-state index in [2.05, 4.69) is 37.1 Å². The van der Waals surface area contributed by atoms with E-state index in [4.69, 9.17) is 23.7 Å². The van der Waals surface area contributed by atoms with Crippen LogP contribution in [0.3, 0.4) is 0 Å². The fraction of sp³-hybridized carbons (Fsp3) is 0.489. The first-order valence-electron chi connectivity index (χ1n) is 19.6. The molecule has 0 saturated carbocycles. The molecule has 1 fully saturated rings. The van der Waals surface area contributed by atoms with E-state index in [1.54, 1.807) is 13.8 Å². The van der Waals surface area contributed by atoms with Crippen LogP contribution in [-0.4, -0.2) is 87.8 Å². The quantitative estimate of drug-likeness (QED) is 0.0189. The second kappa shape index (κ2) is 23.7. The molecular formula is C45H58N4O8. The molecule has 12 heteroatoms. The van der Waals surface area contributed by atoms with Gasteiger partial charge in [-0.1, -0.05) is 84.0 Å². The van der Waals surface area contributed by atoms with Gasteiger partial charge in [0.15, 0.2) is 0 Å². The van der Waals surface area contributed by atoms with Crippen LogP contribution < -0.4 is 4.90 Å². The molecule has 0 aliphatic carbocycles. The van der Waals surface area contributed by atoms with E-state index in [9.17, 15) is 24.9 Å². The number of rotatable bonds is 25. The molecule has 0 aromatic heterocycles. The molecule has 0 radical (unpaired) electrons. The van der Waals surface area contributed by atoms with Gasteiger partial charge in [-0.3, -0.25) is 9.69 Å². The number of ether oxygens (including phenoxy) is 5. The Morgan fingerprint density at radius 2 is 1.35 bits per heavy atom. The number of hydrogen-bond acceptors (Lipinski definition) is 12. The Balaban J connectivity index is 1.44. The number of nitrogens with zero attached hydrogens (tertiary/aromatic N) is 4.